The van der Waals surface area contributed by atoms with Crippen LogP contribution in [0.2, 0.25) is 0 Å². The number of nitrogens with zero attached hydrogens (tertiary/aromatic N) is 6. The van der Waals surface area contributed by atoms with Crippen molar-refractivity contribution < 1.29 is 9.21 Å². The van der Waals surface area contributed by atoms with Gasteiger partial charge in [-0.15, -0.1) is 0 Å². The summed E-state index contributed by atoms with van der Waals surface area (Å²) in [6.45, 7) is 5.12. The quantitative estimate of drug-likeness (QED) is 0.692. The first-order valence-electron chi connectivity index (χ1n) is 9.53. The average Bonchev–Trinajstić information content (AvgIpc) is 3.37. The van der Waals surface area contributed by atoms with Gasteiger partial charge in [-0.05, 0) is 38.7 Å². The average molecular weight is 378 g/mol. The van der Waals surface area contributed by atoms with Crippen molar-refractivity contribution in [2.24, 2.45) is 0 Å². The molecule has 1 aliphatic carbocycles. The van der Waals surface area contributed by atoms with Gasteiger partial charge in [-0.2, -0.15) is 0 Å². The number of hydrogen-bond donors (Lipinski definition) is 0. The fourth-order valence-electron chi connectivity index (χ4n) is 3.89. The van der Waals surface area contributed by atoms with E-state index >= 15 is 0 Å². The predicted molar refractivity (Wildman–Crippen MR) is 103 cm³/mol. The van der Waals surface area contributed by atoms with Crippen molar-refractivity contribution in [3.63, 3.8) is 0 Å². The molecule has 0 aromatic carbocycles. The van der Waals surface area contributed by atoms with E-state index in [1.54, 1.807) is 0 Å². The normalized spacial score (nSPS) is 17.5. The lowest BCUT2D eigenvalue weighted by molar-refractivity contribution is 0.0731. The molecule has 5 rings (SSSR count). The summed E-state index contributed by atoms with van der Waals surface area (Å²) in [6.07, 6.45) is 7.83. The highest BCUT2D eigenvalue weighted by Crippen LogP contribution is 2.44. The first kappa shape index (κ1) is 17.1. The maximum absolute atomic E-state index is 13.5. The van der Waals surface area contributed by atoms with Crippen molar-refractivity contribution in [2.75, 3.05) is 18.5 Å². The number of furan rings is 1. The van der Waals surface area contributed by atoms with Crippen molar-refractivity contribution in [3.05, 3.63) is 41.4 Å². The second-order valence-electron chi connectivity index (χ2n) is 7.94. The standard InChI is InChI=1S/C20H22N6O2/c1-12-15(19(27)26-7-4-13-8-21-10-22-14(13)9-26)16-17(23-11-24-18(16)28-12)25(3)20(2)5-6-20/h8,10-11H,4-7,9H2,1-3H3. The van der Waals surface area contributed by atoms with Crippen LogP contribution in [-0.2, 0) is 13.0 Å². The second kappa shape index (κ2) is 5.98. The summed E-state index contributed by atoms with van der Waals surface area (Å²) in [5, 5.41) is 0.703. The van der Waals surface area contributed by atoms with E-state index in [2.05, 4.69) is 31.8 Å². The van der Waals surface area contributed by atoms with Crippen molar-refractivity contribution in [1.82, 2.24) is 24.8 Å². The van der Waals surface area contributed by atoms with Crippen molar-refractivity contribution in [3.8, 4) is 0 Å². The van der Waals surface area contributed by atoms with Crippen molar-refractivity contribution in [2.45, 2.75) is 45.2 Å². The second-order valence-corrected chi connectivity index (χ2v) is 7.94. The molecule has 0 radical (unpaired) electrons. The van der Waals surface area contributed by atoms with Gasteiger partial charge in [0.05, 0.1) is 23.2 Å². The monoisotopic (exact) mass is 378 g/mol. The number of amides is 1. The van der Waals surface area contributed by atoms with Crippen LogP contribution < -0.4 is 4.90 Å². The molecular formula is C20H22N6O2. The van der Waals surface area contributed by atoms with Crippen molar-refractivity contribution in [1.29, 1.82) is 0 Å². The number of rotatable bonds is 3. The molecule has 144 valence electrons. The summed E-state index contributed by atoms with van der Waals surface area (Å²) in [5.74, 6) is 1.26. The Morgan fingerprint density at radius 3 is 2.86 bits per heavy atom. The Balaban J connectivity index is 1.57. The number of aryl methyl sites for hydroxylation is 1. The van der Waals surface area contributed by atoms with Crippen LogP contribution in [0.15, 0.2) is 23.3 Å². The summed E-state index contributed by atoms with van der Waals surface area (Å²) in [7, 11) is 2.03. The molecule has 8 nitrogen and oxygen atoms in total. The molecule has 2 aliphatic rings. The third-order valence-corrected chi connectivity index (χ3v) is 6.12. The van der Waals surface area contributed by atoms with E-state index in [4.69, 9.17) is 4.42 Å². The van der Waals surface area contributed by atoms with Gasteiger partial charge >= 0.3 is 0 Å². The molecule has 1 fully saturated rings. The first-order chi connectivity index (χ1) is 13.5. The smallest absolute Gasteiger partial charge is 0.258 e. The Morgan fingerprint density at radius 1 is 1.25 bits per heavy atom. The summed E-state index contributed by atoms with van der Waals surface area (Å²) in [5.41, 5.74) is 3.10. The first-order valence-corrected chi connectivity index (χ1v) is 9.53. The molecule has 28 heavy (non-hydrogen) atoms. The number of fused-ring (bicyclic) bond motifs is 2. The number of carbonyl (C=O) groups excluding carboxylic acids is 1. The summed E-state index contributed by atoms with van der Waals surface area (Å²) in [4.78, 5) is 34.7. The highest BCUT2D eigenvalue weighted by molar-refractivity contribution is 6.10. The maximum atomic E-state index is 13.5. The van der Waals surface area contributed by atoms with Crippen LogP contribution >= 0.6 is 0 Å². The predicted octanol–water partition coefficient (Wildman–Crippen LogP) is 2.51. The van der Waals surface area contributed by atoms with E-state index in [-0.39, 0.29) is 11.4 Å². The zero-order valence-corrected chi connectivity index (χ0v) is 16.3. The molecule has 1 amide bonds. The zero-order chi connectivity index (χ0) is 19.5. The Labute approximate surface area is 162 Å². The summed E-state index contributed by atoms with van der Waals surface area (Å²) < 4.78 is 5.85. The fourth-order valence-corrected chi connectivity index (χ4v) is 3.89. The number of anilines is 1. The molecule has 3 aromatic heterocycles. The Hall–Kier alpha value is -3.03. The Morgan fingerprint density at radius 2 is 2.07 bits per heavy atom. The van der Waals surface area contributed by atoms with Crippen LogP contribution in [0.4, 0.5) is 5.82 Å². The lowest BCUT2D eigenvalue weighted by Gasteiger charge is -2.29. The van der Waals surface area contributed by atoms with E-state index in [1.165, 1.54) is 12.7 Å². The number of carbonyl (C=O) groups is 1. The maximum Gasteiger partial charge on any atom is 0.258 e. The lowest BCUT2D eigenvalue weighted by atomic mass is 10.0. The van der Waals surface area contributed by atoms with Gasteiger partial charge in [-0.3, -0.25) is 4.79 Å². The largest absolute Gasteiger partial charge is 0.442 e. The van der Waals surface area contributed by atoms with Gasteiger partial charge < -0.3 is 14.2 Å². The zero-order valence-electron chi connectivity index (χ0n) is 16.3. The van der Waals surface area contributed by atoms with E-state index in [0.29, 0.717) is 35.5 Å². The molecule has 8 heteroatoms. The van der Waals surface area contributed by atoms with Gasteiger partial charge in [-0.25, -0.2) is 19.9 Å². The highest BCUT2D eigenvalue weighted by Gasteiger charge is 2.43. The topological polar surface area (TPSA) is 88.3 Å². The van der Waals surface area contributed by atoms with E-state index < -0.39 is 0 Å². The molecule has 4 heterocycles. The molecule has 0 spiro atoms. The third kappa shape index (κ3) is 2.55. The van der Waals surface area contributed by atoms with Crippen LogP contribution in [0.25, 0.3) is 11.1 Å². The van der Waals surface area contributed by atoms with E-state index in [0.717, 1.165) is 36.3 Å². The minimum absolute atomic E-state index is 0.0640. The van der Waals surface area contributed by atoms with Crippen LogP contribution in [0, 0.1) is 6.92 Å². The molecule has 3 aromatic rings. The molecule has 0 N–H and O–H groups in total. The fraction of sp³-hybridized carbons (Fsp3) is 0.450. The van der Waals surface area contributed by atoms with Crippen LogP contribution in [0.1, 0.15) is 47.1 Å². The van der Waals surface area contributed by atoms with Gasteiger partial charge in [0.15, 0.2) is 0 Å². The molecular weight excluding hydrogens is 356 g/mol. The molecule has 0 unspecified atom stereocenters. The third-order valence-electron chi connectivity index (χ3n) is 6.12. The molecule has 0 bridgehead atoms. The van der Waals surface area contributed by atoms with Crippen LogP contribution in [0.5, 0.6) is 0 Å². The highest BCUT2D eigenvalue weighted by atomic mass is 16.3. The Kier molecular flexibility index (Phi) is 3.65. The van der Waals surface area contributed by atoms with Gasteiger partial charge in [0.2, 0.25) is 5.71 Å². The van der Waals surface area contributed by atoms with Crippen molar-refractivity contribution >= 4 is 22.8 Å². The van der Waals surface area contributed by atoms with Gasteiger partial charge in [0.1, 0.15) is 24.2 Å². The van der Waals surface area contributed by atoms with Gasteiger partial charge in [-0.1, -0.05) is 0 Å². The number of aromatic nitrogens is 4. The Bertz CT molecular complexity index is 1090. The minimum Gasteiger partial charge on any atom is -0.442 e. The number of hydrogen-bond acceptors (Lipinski definition) is 7. The van der Waals surface area contributed by atoms with Crippen LogP contribution in [-0.4, -0.2) is 49.9 Å². The SMILES string of the molecule is Cc1oc2ncnc(N(C)C3(C)CC3)c2c1C(=O)N1CCc2cncnc2C1. The molecule has 1 aliphatic heterocycles. The molecule has 0 atom stereocenters. The summed E-state index contributed by atoms with van der Waals surface area (Å²) >= 11 is 0. The van der Waals surface area contributed by atoms with E-state index in [9.17, 15) is 4.79 Å². The van der Waals surface area contributed by atoms with Gasteiger partial charge in [0, 0.05) is 25.3 Å². The van der Waals surface area contributed by atoms with Gasteiger partial charge in [0.25, 0.3) is 5.91 Å². The van der Waals surface area contributed by atoms with E-state index in [1.807, 2.05) is 25.1 Å². The molecule has 1 saturated carbocycles. The minimum atomic E-state index is -0.0640. The lowest BCUT2D eigenvalue weighted by Crippen LogP contribution is -2.37. The molecule has 0 saturated heterocycles. The van der Waals surface area contributed by atoms with Crippen LogP contribution in [0.3, 0.4) is 0 Å². The summed E-state index contributed by atoms with van der Waals surface area (Å²) in [6, 6.07) is 0.